The number of hydrogen-bond donors (Lipinski definition) is 1. The molecule has 0 aromatic heterocycles. The van der Waals surface area contributed by atoms with E-state index in [0.29, 0.717) is 12.4 Å². The van der Waals surface area contributed by atoms with Crippen LogP contribution in [0.2, 0.25) is 0 Å². The summed E-state index contributed by atoms with van der Waals surface area (Å²) >= 11 is 0. The fourth-order valence-electron chi connectivity index (χ4n) is 3.03. The van der Waals surface area contributed by atoms with Gasteiger partial charge < -0.3 is 14.7 Å². The summed E-state index contributed by atoms with van der Waals surface area (Å²) in [4.78, 5) is 26.8. The monoisotopic (exact) mass is 380 g/mol. The number of phenols is 1. The molecule has 0 saturated carbocycles. The van der Waals surface area contributed by atoms with Gasteiger partial charge in [0.05, 0.1) is 24.3 Å². The number of rotatable bonds is 6. The van der Waals surface area contributed by atoms with Crippen LogP contribution in [0.15, 0.2) is 54.1 Å². The first kappa shape index (κ1) is 19.1. The van der Waals surface area contributed by atoms with Crippen molar-refractivity contribution >= 4 is 11.7 Å². The van der Waals surface area contributed by atoms with E-state index in [-0.39, 0.29) is 17.7 Å². The summed E-state index contributed by atoms with van der Waals surface area (Å²) in [7, 11) is 0. The van der Waals surface area contributed by atoms with Crippen molar-refractivity contribution in [3.05, 3.63) is 71.1 Å². The van der Waals surface area contributed by atoms with Crippen molar-refractivity contribution in [1.82, 2.24) is 4.90 Å². The van der Waals surface area contributed by atoms with Crippen LogP contribution in [0.1, 0.15) is 28.9 Å². The number of Topliss-reactive ketones (excluding diaryl/α,β-unsaturated/α-hetero) is 1. The van der Waals surface area contributed by atoms with Crippen LogP contribution in [0.3, 0.4) is 0 Å². The Hall–Kier alpha value is -3.66. The predicted octanol–water partition coefficient (Wildman–Crippen LogP) is 3.15. The highest BCUT2D eigenvalue weighted by atomic mass is 19.1. The van der Waals surface area contributed by atoms with Gasteiger partial charge in [-0.15, -0.1) is 0 Å². The number of hydrogen-bond acceptors (Lipinski definition) is 5. The van der Waals surface area contributed by atoms with Gasteiger partial charge in [0.25, 0.3) is 5.91 Å². The smallest absolute Gasteiger partial charge is 0.259 e. The molecule has 1 aliphatic heterocycles. The number of carbonyl (C=O) groups excluding carboxylic acids is 2. The molecule has 2 aromatic carbocycles. The Morgan fingerprint density at radius 1 is 1.29 bits per heavy atom. The van der Waals surface area contributed by atoms with E-state index < -0.39 is 29.3 Å². The topological polar surface area (TPSA) is 90.6 Å². The highest BCUT2D eigenvalue weighted by molar-refractivity contribution is 6.27. The van der Waals surface area contributed by atoms with Crippen LogP contribution in [0, 0.1) is 17.1 Å². The molecular formula is C21H17FN2O4. The number of benzene rings is 2. The number of nitrogens with zero attached hydrogens (tertiary/aromatic N) is 2. The molecule has 0 radical (unpaired) electrons. The van der Waals surface area contributed by atoms with Gasteiger partial charge in [0.1, 0.15) is 12.3 Å². The summed E-state index contributed by atoms with van der Waals surface area (Å²) < 4.78 is 18.7. The second-order valence-corrected chi connectivity index (χ2v) is 6.11. The first-order chi connectivity index (χ1) is 13.5. The Bertz CT molecular complexity index is 992. The lowest BCUT2D eigenvalue weighted by molar-refractivity contribution is -0.126. The molecule has 28 heavy (non-hydrogen) atoms. The zero-order valence-electron chi connectivity index (χ0n) is 15.1. The van der Waals surface area contributed by atoms with Crippen molar-refractivity contribution in [3.8, 4) is 17.6 Å². The number of amides is 1. The third-order valence-corrected chi connectivity index (χ3v) is 4.38. The zero-order chi connectivity index (χ0) is 20.3. The summed E-state index contributed by atoms with van der Waals surface area (Å²) in [6, 6.07) is 11.5. The normalized spacial score (nSPS) is 15.9. The molecule has 0 spiro atoms. The van der Waals surface area contributed by atoms with E-state index in [1.807, 2.05) is 13.0 Å². The molecule has 1 amide bonds. The lowest BCUT2D eigenvalue weighted by Crippen LogP contribution is -2.31. The van der Waals surface area contributed by atoms with Crippen molar-refractivity contribution in [1.29, 1.82) is 5.26 Å². The standard InChI is InChI=1S/C21H17FN2O4/c1-2-28-15-6-3-13(4-7-15)18-12-16(21(27)24(18)10-9-23)20(26)14-5-8-17(22)19(25)11-14/h3-8,11-12,18,25H,2,10H2,1H3. The highest BCUT2D eigenvalue weighted by Gasteiger charge is 2.36. The van der Waals surface area contributed by atoms with Gasteiger partial charge in [-0.1, -0.05) is 12.1 Å². The van der Waals surface area contributed by atoms with Crippen LogP contribution in [0.5, 0.6) is 11.5 Å². The largest absolute Gasteiger partial charge is 0.505 e. The fraction of sp³-hybridized carbons (Fsp3) is 0.190. The zero-order valence-corrected chi connectivity index (χ0v) is 15.1. The molecule has 0 aliphatic carbocycles. The lowest BCUT2D eigenvalue weighted by atomic mass is 10.0. The van der Waals surface area contributed by atoms with Crippen LogP contribution < -0.4 is 4.74 Å². The first-order valence-electron chi connectivity index (χ1n) is 8.62. The third-order valence-electron chi connectivity index (χ3n) is 4.38. The van der Waals surface area contributed by atoms with Crippen LogP contribution in [0.4, 0.5) is 4.39 Å². The van der Waals surface area contributed by atoms with Gasteiger partial charge >= 0.3 is 0 Å². The SMILES string of the molecule is CCOc1ccc(C2C=C(C(=O)c3ccc(F)c(O)c3)C(=O)N2CC#N)cc1. The molecule has 2 aromatic rings. The number of ketones is 1. The van der Waals surface area contributed by atoms with Gasteiger partial charge in [-0.25, -0.2) is 4.39 Å². The average molecular weight is 380 g/mol. The van der Waals surface area contributed by atoms with Crippen molar-refractivity contribution in [2.45, 2.75) is 13.0 Å². The number of phenolic OH excluding ortho intramolecular Hbond substituents is 1. The minimum absolute atomic E-state index is 0.0113. The Labute approximate surface area is 161 Å². The molecule has 1 aliphatic rings. The second kappa shape index (κ2) is 7.92. The molecule has 142 valence electrons. The average Bonchev–Trinajstić information content (AvgIpc) is 3.01. The molecular weight excluding hydrogens is 363 g/mol. The van der Waals surface area contributed by atoms with Crippen LogP contribution in [-0.2, 0) is 4.79 Å². The predicted molar refractivity (Wildman–Crippen MR) is 98.2 cm³/mol. The van der Waals surface area contributed by atoms with Gasteiger partial charge in [0.15, 0.2) is 17.3 Å². The molecule has 1 atom stereocenters. The van der Waals surface area contributed by atoms with Gasteiger partial charge in [-0.3, -0.25) is 9.59 Å². The molecule has 1 N–H and O–H groups in total. The van der Waals surface area contributed by atoms with E-state index in [0.717, 1.165) is 17.7 Å². The molecule has 3 rings (SSSR count). The van der Waals surface area contributed by atoms with Crippen molar-refractivity contribution in [2.24, 2.45) is 0 Å². The molecule has 7 heteroatoms. The van der Waals surface area contributed by atoms with E-state index in [4.69, 9.17) is 10.00 Å². The van der Waals surface area contributed by atoms with Crippen LogP contribution in [0.25, 0.3) is 0 Å². The Morgan fingerprint density at radius 2 is 2.00 bits per heavy atom. The van der Waals surface area contributed by atoms with E-state index >= 15 is 0 Å². The van der Waals surface area contributed by atoms with Gasteiger partial charge in [-0.2, -0.15) is 5.26 Å². The fourth-order valence-corrected chi connectivity index (χ4v) is 3.03. The molecule has 0 fully saturated rings. The number of halogens is 1. The number of carbonyl (C=O) groups is 2. The van der Waals surface area contributed by atoms with Crippen molar-refractivity contribution in [3.63, 3.8) is 0 Å². The summed E-state index contributed by atoms with van der Waals surface area (Å²) in [6.07, 6.45) is 1.48. The van der Waals surface area contributed by atoms with Gasteiger partial charge in [-0.05, 0) is 48.9 Å². The van der Waals surface area contributed by atoms with E-state index in [1.54, 1.807) is 24.3 Å². The molecule has 0 bridgehead atoms. The van der Waals surface area contributed by atoms with Gasteiger partial charge in [0.2, 0.25) is 0 Å². The molecule has 1 heterocycles. The Balaban J connectivity index is 1.95. The van der Waals surface area contributed by atoms with Crippen molar-refractivity contribution < 1.29 is 23.8 Å². The highest BCUT2D eigenvalue weighted by Crippen LogP contribution is 2.33. The Morgan fingerprint density at radius 3 is 2.61 bits per heavy atom. The van der Waals surface area contributed by atoms with Crippen LogP contribution in [-0.4, -0.2) is 34.8 Å². The van der Waals surface area contributed by atoms with E-state index in [2.05, 4.69) is 0 Å². The maximum atomic E-state index is 13.3. The number of nitriles is 1. The molecule has 1 unspecified atom stereocenters. The molecule has 0 saturated heterocycles. The van der Waals surface area contributed by atoms with Crippen molar-refractivity contribution in [2.75, 3.05) is 13.2 Å². The third kappa shape index (κ3) is 3.58. The summed E-state index contributed by atoms with van der Waals surface area (Å²) in [6.45, 7) is 2.19. The summed E-state index contributed by atoms with van der Waals surface area (Å²) in [5.74, 6) is -2.09. The summed E-state index contributed by atoms with van der Waals surface area (Å²) in [5, 5.41) is 18.6. The van der Waals surface area contributed by atoms with E-state index in [1.165, 1.54) is 17.0 Å². The maximum absolute atomic E-state index is 13.3. The summed E-state index contributed by atoms with van der Waals surface area (Å²) in [5.41, 5.74) is 0.583. The minimum atomic E-state index is -0.860. The van der Waals surface area contributed by atoms with Crippen LogP contribution >= 0.6 is 0 Å². The number of ether oxygens (including phenoxy) is 1. The lowest BCUT2D eigenvalue weighted by Gasteiger charge is -2.22. The van der Waals surface area contributed by atoms with Gasteiger partial charge in [0, 0.05) is 5.56 Å². The van der Waals surface area contributed by atoms with E-state index in [9.17, 15) is 19.1 Å². The Kier molecular flexibility index (Phi) is 5.41. The quantitative estimate of drug-likeness (QED) is 0.472. The second-order valence-electron chi connectivity index (χ2n) is 6.11. The number of aromatic hydroxyl groups is 1. The first-order valence-corrected chi connectivity index (χ1v) is 8.62. The minimum Gasteiger partial charge on any atom is -0.505 e. The maximum Gasteiger partial charge on any atom is 0.259 e. The molecule has 6 nitrogen and oxygen atoms in total.